The molecule has 17 heavy (non-hydrogen) atoms. The number of amides is 1. The summed E-state index contributed by atoms with van der Waals surface area (Å²) in [5.41, 5.74) is -0.377. The van der Waals surface area contributed by atoms with Crippen molar-refractivity contribution in [3.8, 4) is 0 Å². The molecule has 0 radical (unpaired) electrons. The molecule has 2 aliphatic rings. The molecule has 1 aliphatic heterocycles. The fraction of sp³-hybridized carbons (Fsp3) is 0.846. The Kier molecular flexibility index (Phi) is 2.71. The zero-order valence-electron chi connectivity index (χ0n) is 10.9. The predicted molar refractivity (Wildman–Crippen MR) is 63.3 cm³/mol. The highest BCUT2D eigenvalue weighted by Crippen LogP contribution is 2.59. The minimum Gasteiger partial charge on any atom is -0.481 e. The molecule has 2 rings (SSSR count). The van der Waals surface area contributed by atoms with Crippen LogP contribution in [-0.2, 0) is 9.59 Å². The standard InChI is InChI=1S/C13H21NO3/c1-7-5-14(6-8(7)2)11(15)9-10(12(16)17)13(9,3)4/h7-10H,5-6H2,1-4H3,(H,16,17)/t7?,8?,9-,10+/m1/s1. The van der Waals surface area contributed by atoms with E-state index in [1.54, 1.807) is 0 Å². The molecule has 4 heteroatoms. The number of hydrogen-bond donors (Lipinski definition) is 1. The maximum Gasteiger partial charge on any atom is 0.307 e. The quantitative estimate of drug-likeness (QED) is 0.793. The third kappa shape index (κ3) is 1.83. The van der Waals surface area contributed by atoms with Gasteiger partial charge in [0.1, 0.15) is 0 Å². The molecular weight excluding hydrogens is 218 g/mol. The van der Waals surface area contributed by atoms with E-state index in [-0.39, 0.29) is 17.2 Å². The van der Waals surface area contributed by atoms with Crippen molar-refractivity contribution in [1.82, 2.24) is 4.90 Å². The van der Waals surface area contributed by atoms with Gasteiger partial charge in [-0.1, -0.05) is 27.7 Å². The second kappa shape index (κ2) is 3.72. The Morgan fingerprint density at radius 1 is 1.12 bits per heavy atom. The molecule has 4 nitrogen and oxygen atoms in total. The summed E-state index contributed by atoms with van der Waals surface area (Å²) in [6.45, 7) is 9.59. The average Bonchev–Trinajstić information content (AvgIpc) is 2.63. The topological polar surface area (TPSA) is 57.6 Å². The number of carboxylic acid groups (broad SMARTS) is 1. The van der Waals surface area contributed by atoms with Gasteiger partial charge in [-0.15, -0.1) is 0 Å². The third-order valence-corrected chi connectivity index (χ3v) is 4.66. The van der Waals surface area contributed by atoms with Crippen molar-refractivity contribution in [1.29, 1.82) is 0 Å². The number of carbonyl (C=O) groups is 2. The van der Waals surface area contributed by atoms with Gasteiger partial charge in [0.15, 0.2) is 0 Å². The van der Waals surface area contributed by atoms with Gasteiger partial charge in [0, 0.05) is 13.1 Å². The molecule has 1 N–H and O–H groups in total. The Morgan fingerprint density at radius 3 is 1.94 bits per heavy atom. The molecule has 1 amide bonds. The molecule has 0 aromatic carbocycles. The molecule has 96 valence electrons. The summed E-state index contributed by atoms with van der Waals surface area (Å²) < 4.78 is 0. The summed E-state index contributed by atoms with van der Waals surface area (Å²) in [6.07, 6.45) is 0. The average molecular weight is 239 g/mol. The molecule has 1 saturated carbocycles. The second-order valence-corrected chi connectivity index (χ2v) is 6.31. The Bertz CT molecular complexity index is 354. The van der Waals surface area contributed by atoms with Gasteiger partial charge in [-0.25, -0.2) is 0 Å². The highest BCUT2D eigenvalue weighted by atomic mass is 16.4. The molecular formula is C13H21NO3. The van der Waals surface area contributed by atoms with Crippen LogP contribution in [0.2, 0.25) is 0 Å². The number of aliphatic carboxylic acids is 1. The van der Waals surface area contributed by atoms with Crippen molar-refractivity contribution in [2.45, 2.75) is 27.7 Å². The van der Waals surface area contributed by atoms with Crippen LogP contribution in [0.1, 0.15) is 27.7 Å². The number of likely N-dealkylation sites (tertiary alicyclic amines) is 1. The maximum atomic E-state index is 12.3. The van der Waals surface area contributed by atoms with Gasteiger partial charge in [-0.2, -0.15) is 0 Å². The van der Waals surface area contributed by atoms with E-state index in [1.807, 2.05) is 18.7 Å². The van der Waals surface area contributed by atoms with Crippen LogP contribution in [0, 0.1) is 29.1 Å². The van der Waals surface area contributed by atoms with Gasteiger partial charge in [0.2, 0.25) is 5.91 Å². The molecule has 0 bridgehead atoms. The number of carbonyl (C=O) groups excluding carboxylic acids is 1. The van der Waals surface area contributed by atoms with Gasteiger partial charge >= 0.3 is 5.97 Å². The Labute approximate surface area is 102 Å². The largest absolute Gasteiger partial charge is 0.481 e. The molecule has 4 atom stereocenters. The van der Waals surface area contributed by atoms with Crippen molar-refractivity contribution in [2.24, 2.45) is 29.1 Å². The maximum absolute atomic E-state index is 12.3. The summed E-state index contributed by atoms with van der Waals surface area (Å²) in [5.74, 6) is -0.584. The molecule has 1 aliphatic carbocycles. The Balaban J connectivity index is 2.06. The third-order valence-electron chi connectivity index (χ3n) is 4.66. The first-order valence-electron chi connectivity index (χ1n) is 6.28. The molecule has 2 unspecified atom stereocenters. The Morgan fingerprint density at radius 2 is 1.59 bits per heavy atom. The van der Waals surface area contributed by atoms with E-state index >= 15 is 0 Å². The number of hydrogen-bond acceptors (Lipinski definition) is 2. The van der Waals surface area contributed by atoms with Crippen molar-refractivity contribution >= 4 is 11.9 Å². The van der Waals surface area contributed by atoms with E-state index in [0.29, 0.717) is 11.8 Å². The summed E-state index contributed by atoms with van der Waals surface area (Å²) in [5, 5.41) is 9.08. The molecule has 1 heterocycles. The van der Waals surface area contributed by atoms with E-state index in [0.717, 1.165) is 13.1 Å². The summed E-state index contributed by atoms with van der Waals surface area (Å²) >= 11 is 0. The van der Waals surface area contributed by atoms with Crippen LogP contribution < -0.4 is 0 Å². The Hall–Kier alpha value is -1.06. The highest BCUT2D eigenvalue weighted by molar-refractivity contribution is 5.91. The van der Waals surface area contributed by atoms with Gasteiger partial charge in [-0.3, -0.25) is 9.59 Å². The number of nitrogens with zero attached hydrogens (tertiary/aromatic N) is 1. The molecule has 0 aromatic heterocycles. The normalized spacial score (nSPS) is 39.2. The van der Waals surface area contributed by atoms with E-state index in [9.17, 15) is 9.59 Å². The molecule has 2 fully saturated rings. The van der Waals surface area contributed by atoms with Gasteiger partial charge in [0.25, 0.3) is 0 Å². The number of rotatable bonds is 2. The second-order valence-electron chi connectivity index (χ2n) is 6.31. The van der Waals surface area contributed by atoms with Crippen molar-refractivity contribution in [2.75, 3.05) is 13.1 Å². The first-order chi connectivity index (χ1) is 7.76. The zero-order chi connectivity index (χ0) is 13.0. The number of carboxylic acids is 1. The lowest BCUT2D eigenvalue weighted by atomic mass is 10.0. The smallest absolute Gasteiger partial charge is 0.307 e. The van der Waals surface area contributed by atoms with E-state index in [1.165, 1.54) is 0 Å². The summed E-state index contributed by atoms with van der Waals surface area (Å²) in [6, 6.07) is 0. The van der Waals surface area contributed by atoms with Crippen molar-refractivity contribution in [3.63, 3.8) is 0 Å². The first-order valence-corrected chi connectivity index (χ1v) is 6.28. The van der Waals surface area contributed by atoms with Gasteiger partial charge in [-0.05, 0) is 17.3 Å². The highest BCUT2D eigenvalue weighted by Gasteiger charge is 2.66. The molecule has 0 aromatic rings. The monoisotopic (exact) mass is 239 g/mol. The summed E-state index contributed by atoms with van der Waals surface area (Å²) in [7, 11) is 0. The fourth-order valence-corrected chi connectivity index (χ4v) is 3.07. The van der Waals surface area contributed by atoms with Crippen LogP contribution in [0.5, 0.6) is 0 Å². The lowest BCUT2D eigenvalue weighted by molar-refractivity contribution is -0.141. The first kappa shape index (κ1) is 12.4. The van der Waals surface area contributed by atoms with Gasteiger partial charge < -0.3 is 10.0 Å². The minimum absolute atomic E-state index is 0.0404. The van der Waals surface area contributed by atoms with Crippen LogP contribution in [0.15, 0.2) is 0 Å². The van der Waals surface area contributed by atoms with Crippen LogP contribution >= 0.6 is 0 Å². The van der Waals surface area contributed by atoms with Gasteiger partial charge in [0.05, 0.1) is 11.8 Å². The lowest BCUT2D eigenvalue weighted by Crippen LogP contribution is -2.32. The van der Waals surface area contributed by atoms with E-state index < -0.39 is 11.9 Å². The SMILES string of the molecule is CC1CN(C(=O)[C@H]2[C@@H](C(=O)O)C2(C)C)CC1C. The molecule has 0 spiro atoms. The molecule has 1 saturated heterocycles. The van der Waals surface area contributed by atoms with E-state index in [2.05, 4.69) is 13.8 Å². The predicted octanol–water partition coefficient (Wildman–Crippen LogP) is 1.46. The summed E-state index contributed by atoms with van der Waals surface area (Å²) in [4.78, 5) is 25.2. The van der Waals surface area contributed by atoms with Crippen LogP contribution in [0.25, 0.3) is 0 Å². The van der Waals surface area contributed by atoms with Crippen LogP contribution in [0.4, 0.5) is 0 Å². The van der Waals surface area contributed by atoms with Crippen LogP contribution in [-0.4, -0.2) is 35.0 Å². The fourth-order valence-electron chi connectivity index (χ4n) is 3.07. The van der Waals surface area contributed by atoms with Crippen molar-refractivity contribution < 1.29 is 14.7 Å². The minimum atomic E-state index is -0.839. The van der Waals surface area contributed by atoms with Crippen molar-refractivity contribution in [3.05, 3.63) is 0 Å². The lowest BCUT2D eigenvalue weighted by Gasteiger charge is -2.16. The van der Waals surface area contributed by atoms with E-state index in [4.69, 9.17) is 5.11 Å². The van der Waals surface area contributed by atoms with Crippen LogP contribution in [0.3, 0.4) is 0 Å². The zero-order valence-corrected chi connectivity index (χ0v) is 10.9.